The van der Waals surface area contributed by atoms with Crippen molar-refractivity contribution < 1.29 is 19.7 Å². The predicted molar refractivity (Wildman–Crippen MR) is 76.1 cm³/mol. The number of phenols is 2. The predicted octanol–water partition coefficient (Wildman–Crippen LogP) is 3.67. The Morgan fingerprint density at radius 3 is 2.60 bits per heavy atom. The van der Waals surface area contributed by atoms with Gasteiger partial charge in [-0.05, 0) is 24.3 Å². The Balaban J connectivity index is 2.11. The summed E-state index contributed by atoms with van der Waals surface area (Å²) in [7, 11) is 0. The maximum atomic E-state index is 11.9. The molecule has 104 valence electrons. The first-order valence-corrected chi connectivity index (χ1v) is 6.36. The van der Waals surface area contributed by atoms with E-state index in [-0.39, 0.29) is 34.4 Å². The normalized spacial score (nSPS) is 10.3. The lowest BCUT2D eigenvalue weighted by Gasteiger charge is -2.09. The number of aromatic hydroxyl groups is 2. The summed E-state index contributed by atoms with van der Waals surface area (Å²) in [6, 6.07) is 8.53. The Labute approximate surface area is 125 Å². The highest BCUT2D eigenvalue weighted by Gasteiger charge is 2.14. The van der Waals surface area contributed by atoms with E-state index in [1.807, 2.05) is 0 Å². The van der Waals surface area contributed by atoms with E-state index in [0.717, 1.165) is 6.07 Å². The van der Waals surface area contributed by atoms with Gasteiger partial charge in [0.2, 0.25) is 5.78 Å². The maximum Gasteiger partial charge on any atom is 0.203 e. The molecule has 0 fully saturated rings. The molecule has 0 bridgehead atoms. The fraction of sp³-hybridized carbons (Fsp3) is 0.0714. The smallest absolute Gasteiger partial charge is 0.203 e. The Hall–Kier alpha value is -1.91. The van der Waals surface area contributed by atoms with E-state index in [4.69, 9.17) is 33.0 Å². The summed E-state index contributed by atoms with van der Waals surface area (Å²) in [6.45, 7) is -0.307. The number of Topliss-reactive ketones (excluding diaryl/α,β-unsaturated/α-hetero) is 1. The summed E-state index contributed by atoms with van der Waals surface area (Å²) in [5, 5.41) is 19.3. The quantitative estimate of drug-likeness (QED) is 0.845. The molecule has 2 N–H and O–H groups in total. The maximum absolute atomic E-state index is 11.9. The van der Waals surface area contributed by atoms with Crippen LogP contribution in [0.3, 0.4) is 0 Å². The van der Waals surface area contributed by atoms with Crippen LogP contribution in [0.2, 0.25) is 10.0 Å². The molecule has 4 nitrogen and oxygen atoms in total. The molecule has 0 spiro atoms. The number of hydrogen-bond acceptors (Lipinski definition) is 4. The highest BCUT2D eigenvalue weighted by atomic mass is 35.5. The lowest BCUT2D eigenvalue weighted by Crippen LogP contribution is -2.12. The van der Waals surface area contributed by atoms with Crippen LogP contribution in [0.25, 0.3) is 0 Å². The molecule has 0 saturated carbocycles. The second-order valence-corrected chi connectivity index (χ2v) is 4.75. The highest BCUT2D eigenvalue weighted by Crippen LogP contribution is 2.31. The number of benzene rings is 2. The van der Waals surface area contributed by atoms with Crippen molar-refractivity contribution in [3.05, 3.63) is 52.0 Å². The molecule has 0 aliphatic rings. The lowest BCUT2D eigenvalue weighted by molar-refractivity contribution is 0.0919. The van der Waals surface area contributed by atoms with Gasteiger partial charge in [-0.3, -0.25) is 4.79 Å². The van der Waals surface area contributed by atoms with E-state index in [0.29, 0.717) is 5.02 Å². The van der Waals surface area contributed by atoms with E-state index in [9.17, 15) is 9.90 Å². The van der Waals surface area contributed by atoms with Gasteiger partial charge in [0.15, 0.2) is 6.61 Å². The SMILES string of the molecule is O=C(COc1cccc(Cl)c1Cl)c1ccc(O)cc1O. The van der Waals surface area contributed by atoms with Crippen molar-refractivity contribution >= 4 is 29.0 Å². The first-order chi connectivity index (χ1) is 9.49. The number of carbonyl (C=O) groups is 1. The van der Waals surface area contributed by atoms with Crippen LogP contribution in [0, 0.1) is 0 Å². The molecule has 0 aliphatic heterocycles. The molecule has 0 aromatic heterocycles. The number of halogens is 2. The van der Waals surface area contributed by atoms with Gasteiger partial charge in [-0.25, -0.2) is 0 Å². The minimum Gasteiger partial charge on any atom is -0.508 e. The number of rotatable bonds is 4. The fourth-order valence-corrected chi connectivity index (χ4v) is 1.92. The number of ketones is 1. The summed E-state index contributed by atoms with van der Waals surface area (Å²) in [4.78, 5) is 11.9. The van der Waals surface area contributed by atoms with Crippen LogP contribution in [-0.4, -0.2) is 22.6 Å². The first kappa shape index (κ1) is 14.5. The van der Waals surface area contributed by atoms with Crippen molar-refractivity contribution in [1.82, 2.24) is 0 Å². The van der Waals surface area contributed by atoms with E-state index < -0.39 is 5.78 Å². The molecule has 2 rings (SSSR count). The largest absolute Gasteiger partial charge is 0.508 e. The van der Waals surface area contributed by atoms with Crippen LogP contribution in [0.5, 0.6) is 17.2 Å². The second-order valence-electron chi connectivity index (χ2n) is 3.97. The van der Waals surface area contributed by atoms with Gasteiger partial charge in [0.1, 0.15) is 22.3 Å². The standard InChI is InChI=1S/C14H10Cl2O4/c15-10-2-1-3-13(14(10)16)20-7-12(19)9-5-4-8(17)6-11(9)18/h1-6,17-18H,7H2. The molecule has 0 atom stereocenters. The number of hydrogen-bond donors (Lipinski definition) is 2. The molecule has 6 heteroatoms. The molecule has 2 aromatic carbocycles. The van der Waals surface area contributed by atoms with E-state index in [1.54, 1.807) is 18.2 Å². The molecule has 0 radical (unpaired) electrons. The van der Waals surface area contributed by atoms with Gasteiger partial charge in [0.25, 0.3) is 0 Å². The summed E-state index contributed by atoms with van der Waals surface area (Å²) < 4.78 is 5.28. The fourth-order valence-electron chi connectivity index (χ4n) is 1.57. The zero-order chi connectivity index (χ0) is 14.7. The van der Waals surface area contributed by atoms with Crippen molar-refractivity contribution in [2.75, 3.05) is 6.61 Å². The van der Waals surface area contributed by atoms with Crippen LogP contribution in [-0.2, 0) is 0 Å². The average molecular weight is 313 g/mol. The van der Waals surface area contributed by atoms with Crippen molar-refractivity contribution in [1.29, 1.82) is 0 Å². The Morgan fingerprint density at radius 2 is 1.90 bits per heavy atom. The summed E-state index contributed by atoms with van der Waals surface area (Å²) in [5.74, 6) is -0.599. The highest BCUT2D eigenvalue weighted by molar-refractivity contribution is 6.42. The molecule has 20 heavy (non-hydrogen) atoms. The van der Waals surface area contributed by atoms with Gasteiger partial charge in [-0.15, -0.1) is 0 Å². The van der Waals surface area contributed by atoms with Crippen LogP contribution < -0.4 is 4.74 Å². The van der Waals surface area contributed by atoms with Crippen molar-refractivity contribution in [3.8, 4) is 17.2 Å². The van der Waals surface area contributed by atoms with Gasteiger partial charge in [0, 0.05) is 6.07 Å². The molecule has 0 saturated heterocycles. The molecule has 2 aromatic rings. The zero-order valence-corrected chi connectivity index (χ0v) is 11.6. The lowest BCUT2D eigenvalue weighted by atomic mass is 10.1. The minimum atomic E-state index is -0.446. The van der Waals surface area contributed by atoms with E-state index in [2.05, 4.69) is 0 Å². The van der Waals surface area contributed by atoms with Crippen LogP contribution in [0.4, 0.5) is 0 Å². The Morgan fingerprint density at radius 1 is 1.15 bits per heavy atom. The molecule has 0 unspecified atom stereocenters. The summed E-state index contributed by atoms with van der Waals surface area (Å²) in [6.07, 6.45) is 0. The topological polar surface area (TPSA) is 66.8 Å². The van der Waals surface area contributed by atoms with Gasteiger partial charge in [-0.1, -0.05) is 29.3 Å². The van der Waals surface area contributed by atoms with Gasteiger partial charge < -0.3 is 14.9 Å². The van der Waals surface area contributed by atoms with Gasteiger partial charge in [0.05, 0.1) is 10.6 Å². The number of carbonyl (C=O) groups excluding carboxylic acids is 1. The Bertz CT molecular complexity index is 656. The second kappa shape index (κ2) is 6.03. The van der Waals surface area contributed by atoms with E-state index >= 15 is 0 Å². The van der Waals surface area contributed by atoms with Gasteiger partial charge >= 0.3 is 0 Å². The third-order valence-corrected chi connectivity index (χ3v) is 3.36. The van der Waals surface area contributed by atoms with E-state index in [1.165, 1.54) is 12.1 Å². The molecule has 0 heterocycles. The average Bonchev–Trinajstić information content (AvgIpc) is 2.40. The number of phenolic OH excluding ortho intramolecular Hbond substituents is 2. The molecule has 0 amide bonds. The minimum absolute atomic E-state index is 0.0564. The third kappa shape index (κ3) is 3.15. The molecule has 0 aliphatic carbocycles. The third-order valence-electron chi connectivity index (χ3n) is 2.56. The monoisotopic (exact) mass is 312 g/mol. The van der Waals surface area contributed by atoms with Gasteiger partial charge in [-0.2, -0.15) is 0 Å². The van der Waals surface area contributed by atoms with Crippen LogP contribution >= 0.6 is 23.2 Å². The Kier molecular flexibility index (Phi) is 4.37. The van der Waals surface area contributed by atoms with Crippen molar-refractivity contribution in [2.24, 2.45) is 0 Å². The van der Waals surface area contributed by atoms with Crippen LogP contribution in [0.15, 0.2) is 36.4 Å². The first-order valence-electron chi connectivity index (χ1n) is 5.61. The summed E-state index contributed by atoms with van der Waals surface area (Å²) in [5.41, 5.74) is 0.0564. The van der Waals surface area contributed by atoms with Crippen molar-refractivity contribution in [2.45, 2.75) is 0 Å². The zero-order valence-electron chi connectivity index (χ0n) is 10.1. The molecular formula is C14H10Cl2O4. The summed E-state index contributed by atoms with van der Waals surface area (Å²) >= 11 is 11.7. The van der Waals surface area contributed by atoms with Crippen molar-refractivity contribution in [3.63, 3.8) is 0 Å². The molecular weight excluding hydrogens is 303 g/mol. The number of ether oxygens (including phenoxy) is 1. The van der Waals surface area contributed by atoms with Crippen LogP contribution in [0.1, 0.15) is 10.4 Å².